The molecule has 1 nitrogen and oxygen atoms in total. The molecule has 25 heavy (non-hydrogen) atoms. The second-order valence-electron chi connectivity index (χ2n) is 10.1. The normalized spacial score (nSPS) is 13.2. The molecule has 0 aliphatic heterocycles. The van der Waals surface area contributed by atoms with Crippen molar-refractivity contribution in [1.82, 2.24) is 0 Å². The number of allylic oxidation sites excluding steroid dienone is 2. The van der Waals surface area contributed by atoms with E-state index in [0.717, 1.165) is 12.7 Å². The highest BCUT2D eigenvalue weighted by molar-refractivity contribution is 6.79. The first-order chi connectivity index (χ1) is 11.5. The molecule has 150 valence electrons. The Morgan fingerprint density at radius 2 is 1.20 bits per heavy atom. The molecule has 0 unspecified atom stereocenters. The maximum Gasteiger partial charge on any atom is 0.206 e. The minimum Gasteiger partial charge on any atom is -0.415 e. The average Bonchev–Trinajstić information content (AvgIpc) is 2.45. The summed E-state index contributed by atoms with van der Waals surface area (Å²) in [6, 6.07) is 1.14. The fraction of sp³-hybridized carbons (Fsp3) is 0.913. The minimum atomic E-state index is -1.92. The van der Waals surface area contributed by atoms with Gasteiger partial charge in [0, 0.05) is 6.61 Å². The van der Waals surface area contributed by atoms with Gasteiger partial charge in [-0.2, -0.15) is 0 Å². The molecule has 0 bridgehead atoms. The van der Waals surface area contributed by atoms with Crippen LogP contribution in [-0.4, -0.2) is 14.9 Å². The van der Waals surface area contributed by atoms with E-state index in [2.05, 4.69) is 68.4 Å². The fourth-order valence-electron chi connectivity index (χ4n) is 4.06. The van der Waals surface area contributed by atoms with Gasteiger partial charge in [0.05, 0.1) is 0 Å². The maximum absolute atomic E-state index is 6.85. The van der Waals surface area contributed by atoms with Gasteiger partial charge in [0.15, 0.2) is 0 Å². The Balaban J connectivity index is 4.63. The predicted octanol–water partition coefficient (Wildman–Crippen LogP) is 8.66. The van der Waals surface area contributed by atoms with Gasteiger partial charge in [-0.3, -0.25) is 0 Å². The Bertz CT molecular complexity index is 353. The lowest BCUT2D eigenvalue weighted by atomic mass is 10.1. The lowest BCUT2D eigenvalue weighted by Gasteiger charge is -2.50. The Morgan fingerprint density at radius 3 is 1.60 bits per heavy atom. The summed E-state index contributed by atoms with van der Waals surface area (Å²) in [6.45, 7) is 22.1. The third-order valence-corrected chi connectivity index (χ3v) is 11.9. The van der Waals surface area contributed by atoms with E-state index < -0.39 is 8.32 Å². The quantitative estimate of drug-likeness (QED) is 0.190. The summed E-state index contributed by atoms with van der Waals surface area (Å²) in [5.74, 6) is 0. The van der Waals surface area contributed by atoms with Crippen molar-refractivity contribution in [1.29, 1.82) is 0 Å². The minimum absolute atomic E-state index is 0.247. The molecule has 0 N–H and O–H groups in total. The summed E-state index contributed by atoms with van der Waals surface area (Å²) in [6.07, 6.45) is 13.3. The van der Waals surface area contributed by atoms with E-state index >= 15 is 0 Å². The summed E-state index contributed by atoms with van der Waals surface area (Å²) >= 11 is 0. The number of hydrogen-bond acceptors (Lipinski definition) is 1. The van der Waals surface area contributed by atoms with Crippen molar-refractivity contribution in [2.75, 3.05) is 6.61 Å². The van der Waals surface area contributed by atoms with Gasteiger partial charge in [-0.1, -0.05) is 105 Å². The molecule has 0 amide bonds. The van der Waals surface area contributed by atoms with Gasteiger partial charge in [-0.25, -0.2) is 0 Å². The Labute approximate surface area is 161 Å². The van der Waals surface area contributed by atoms with E-state index in [1.807, 2.05) is 0 Å². The number of unbranched alkanes of at least 4 members (excludes halogenated alkanes) is 7. The van der Waals surface area contributed by atoms with Crippen molar-refractivity contribution >= 4 is 8.32 Å². The summed E-state index contributed by atoms with van der Waals surface area (Å²) in [5.41, 5.74) is 1.42. The SMILES string of the molecule is CCCCCCCCCCO[Si](CC=C(C)C)(C(C)(C)C)C(C)(C)C. The molecule has 0 aromatic heterocycles. The highest BCUT2D eigenvalue weighted by Crippen LogP contribution is 2.54. The Hall–Kier alpha value is -0.0831. The molecule has 0 saturated carbocycles. The summed E-state index contributed by atoms with van der Waals surface area (Å²) in [7, 11) is -1.92. The molecule has 0 spiro atoms. The van der Waals surface area contributed by atoms with E-state index in [1.54, 1.807) is 0 Å². The van der Waals surface area contributed by atoms with Gasteiger partial charge in [0.25, 0.3) is 0 Å². The van der Waals surface area contributed by atoms with Gasteiger partial charge in [-0.05, 0) is 36.4 Å². The van der Waals surface area contributed by atoms with Crippen LogP contribution in [0, 0.1) is 0 Å². The molecule has 0 rings (SSSR count). The highest BCUT2D eigenvalue weighted by atomic mass is 28.4. The second kappa shape index (κ2) is 11.6. The van der Waals surface area contributed by atoms with Crippen LogP contribution in [0.3, 0.4) is 0 Å². The number of hydrogen-bond donors (Lipinski definition) is 0. The van der Waals surface area contributed by atoms with Crippen LogP contribution in [0.1, 0.15) is 114 Å². The van der Waals surface area contributed by atoms with E-state index in [1.165, 1.54) is 56.9 Å². The van der Waals surface area contributed by atoms with Crippen LogP contribution in [-0.2, 0) is 4.43 Å². The lowest BCUT2D eigenvalue weighted by molar-refractivity contribution is 0.250. The number of rotatable bonds is 12. The van der Waals surface area contributed by atoms with Gasteiger partial charge in [0.1, 0.15) is 0 Å². The first-order valence-corrected chi connectivity index (χ1v) is 12.9. The molecule has 0 radical (unpaired) electrons. The fourth-order valence-corrected chi connectivity index (χ4v) is 9.71. The summed E-state index contributed by atoms with van der Waals surface area (Å²) < 4.78 is 6.85. The summed E-state index contributed by atoms with van der Waals surface area (Å²) in [4.78, 5) is 0. The standard InChI is InChI=1S/C23H48OSi/c1-10-11-12-13-14-15-16-17-19-24-25(22(4,5)6,23(7,8)9)20-18-21(2)3/h18H,10-17,19-20H2,1-9H3. The monoisotopic (exact) mass is 368 g/mol. The van der Waals surface area contributed by atoms with E-state index in [0.29, 0.717) is 0 Å². The van der Waals surface area contributed by atoms with Crippen LogP contribution in [0.4, 0.5) is 0 Å². The molecule has 0 fully saturated rings. The van der Waals surface area contributed by atoms with Gasteiger partial charge >= 0.3 is 0 Å². The van der Waals surface area contributed by atoms with Gasteiger partial charge in [0.2, 0.25) is 8.32 Å². The van der Waals surface area contributed by atoms with Crippen molar-refractivity contribution in [3.8, 4) is 0 Å². The van der Waals surface area contributed by atoms with E-state index in [4.69, 9.17) is 4.43 Å². The average molecular weight is 369 g/mol. The zero-order valence-electron chi connectivity index (χ0n) is 19.1. The molecule has 0 aliphatic carbocycles. The summed E-state index contributed by atoms with van der Waals surface area (Å²) in [5, 5.41) is 0.495. The lowest BCUT2D eigenvalue weighted by Crippen LogP contribution is -2.54. The van der Waals surface area contributed by atoms with E-state index in [9.17, 15) is 0 Å². The first-order valence-electron chi connectivity index (χ1n) is 10.8. The molecule has 0 heterocycles. The van der Waals surface area contributed by atoms with Crippen LogP contribution < -0.4 is 0 Å². The molecule has 2 heteroatoms. The van der Waals surface area contributed by atoms with Crippen LogP contribution in [0.5, 0.6) is 0 Å². The highest BCUT2D eigenvalue weighted by Gasteiger charge is 2.54. The zero-order valence-corrected chi connectivity index (χ0v) is 20.1. The van der Waals surface area contributed by atoms with Crippen LogP contribution in [0.15, 0.2) is 11.6 Å². The molecule has 0 aromatic carbocycles. The molecule has 0 atom stereocenters. The second-order valence-corrected chi connectivity index (χ2v) is 15.5. The van der Waals surface area contributed by atoms with Gasteiger partial charge < -0.3 is 4.43 Å². The van der Waals surface area contributed by atoms with Crippen molar-refractivity contribution in [3.63, 3.8) is 0 Å². The molecule has 0 saturated heterocycles. The van der Waals surface area contributed by atoms with Crippen LogP contribution in [0.2, 0.25) is 16.1 Å². The Kier molecular flexibility index (Phi) is 11.6. The Morgan fingerprint density at radius 1 is 0.760 bits per heavy atom. The predicted molar refractivity (Wildman–Crippen MR) is 118 cm³/mol. The molecule has 0 aliphatic rings. The third-order valence-electron chi connectivity index (χ3n) is 5.57. The topological polar surface area (TPSA) is 9.23 Å². The largest absolute Gasteiger partial charge is 0.415 e. The maximum atomic E-state index is 6.85. The van der Waals surface area contributed by atoms with Crippen molar-refractivity contribution in [2.45, 2.75) is 130 Å². The molecular formula is C23H48OSi. The van der Waals surface area contributed by atoms with Gasteiger partial charge in [-0.15, -0.1) is 0 Å². The van der Waals surface area contributed by atoms with Crippen LogP contribution in [0.25, 0.3) is 0 Å². The van der Waals surface area contributed by atoms with Crippen molar-refractivity contribution in [2.24, 2.45) is 0 Å². The zero-order chi connectivity index (χ0) is 19.6. The van der Waals surface area contributed by atoms with E-state index in [-0.39, 0.29) is 10.1 Å². The van der Waals surface area contributed by atoms with Crippen LogP contribution >= 0.6 is 0 Å². The third kappa shape index (κ3) is 8.91. The molecular weight excluding hydrogens is 320 g/mol. The first kappa shape index (κ1) is 24.9. The van der Waals surface area contributed by atoms with Crippen molar-refractivity contribution in [3.05, 3.63) is 11.6 Å². The molecule has 0 aromatic rings. The smallest absolute Gasteiger partial charge is 0.206 e. The van der Waals surface area contributed by atoms with Crippen molar-refractivity contribution < 1.29 is 4.43 Å².